The Labute approximate surface area is 399 Å². The van der Waals surface area contributed by atoms with Gasteiger partial charge in [-0.05, 0) is 89.5 Å². The average molecular weight is 882 g/mol. The Kier molecular flexibility index (Phi) is 10.6. The lowest BCUT2D eigenvalue weighted by atomic mass is 9.95. The summed E-state index contributed by atoms with van der Waals surface area (Å²) < 4.78 is 2.55. The standard InChI is InChI=1S/C66H47NSi/c1-8-24-48(25-9-1)53-40-41-65-63(45-53)60-38-22-23-39-64(60)67(65)66-61(51-30-14-4-15-31-51)46-59(47-62(66)52-32-16-5-17-33-52)68(56-34-18-6-19-35-56,57-36-20-7-21-37-57)58-43-54(49-26-10-2-11-27-49)42-55(44-58)50-28-12-3-13-29-50/h1-47H. The molecular weight excluding hydrogens is 835 g/mol. The van der Waals surface area contributed by atoms with Crippen molar-refractivity contribution in [1.29, 1.82) is 0 Å². The van der Waals surface area contributed by atoms with E-state index in [0.717, 1.165) is 5.69 Å². The van der Waals surface area contributed by atoms with Gasteiger partial charge in [0, 0.05) is 21.9 Å². The molecule has 68 heavy (non-hydrogen) atoms. The molecule has 320 valence electrons. The first-order valence-corrected chi connectivity index (χ1v) is 25.5. The molecule has 0 atom stereocenters. The second-order valence-electron chi connectivity index (χ2n) is 17.6. The maximum absolute atomic E-state index is 3.23. The maximum Gasteiger partial charge on any atom is 0.179 e. The molecule has 0 saturated heterocycles. The molecule has 1 aromatic heterocycles. The van der Waals surface area contributed by atoms with E-state index in [1.165, 1.54) is 98.2 Å². The topological polar surface area (TPSA) is 4.93 Å². The Morgan fingerprint density at radius 1 is 0.221 bits per heavy atom. The van der Waals surface area contributed by atoms with Crippen LogP contribution in [0.1, 0.15) is 0 Å². The molecule has 0 bridgehead atoms. The van der Waals surface area contributed by atoms with Crippen LogP contribution < -0.4 is 20.7 Å². The van der Waals surface area contributed by atoms with E-state index >= 15 is 0 Å². The van der Waals surface area contributed by atoms with E-state index in [1.807, 2.05) is 0 Å². The Morgan fingerprint density at radius 2 is 0.588 bits per heavy atom. The van der Waals surface area contributed by atoms with E-state index in [1.54, 1.807) is 0 Å². The summed E-state index contributed by atoms with van der Waals surface area (Å²) in [5.41, 5.74) is 15.4. The zero-order valence-electron chi connectivity index (χ0n) is 37.6. The van der Waals surface area contributed by atoms with Crippen LogP contribution in [0.25, 0.3) is 83.1 Å². The first-order valence-electron chi connectivity index (χ1n) is 23.5. The Morgan fingerprint density at radius 3 is 1.06 bits per heavy atom. The molecule has 0 spiro atoms. The molecule has 0 aliphatic rings. The highest BCUT2D eigenvalue weighted by atomic mass is 28.3. The van der Waals surface area contributed by atoms with Crippen molar-refractivity contribution < 1.29 is 0 Å². The van der Waals surface area contributed by atoms with Crippen molar-refractivity contribution in [3.05, 3.63) is 285 Å². The number of benzene rings is 11. The van der Waals surface area contributed by atoms with Crippen LogP contribution in [0.15, 0.2) is 285 Å². The second-order valence-corrected chi connectivity index (χ2v) is 21.4. The highest BCUT2D eigenvalue weighted by Crippen LogP contribution is 2.42. The van der Waals surface area contributed by atoms with Crippen LogP contribution in [-0.2, 0) is 0 Å². The predicted octanol–water partition coefficient (Wildman–Crippen LogP) is 14.5. The van der Waals surface area contributed by atoms with Crippen LogP contribution in [0.2, 0.25) is 0 Å². The molecule has 0 aliphatic heterocycles. The minimum atomic E-state index is -3.23. The summed E-state index contributed by atoms with van der Waals surface area (Å²) in [6.45, 7) is 0. The molecule has 1 heterocycles. The van der Waals surface area contributed by atoms with Crippen molar-refractivity contribution in [1.82, 2.24) is 4.57 Å². The minimum absolute atomic E-state index is 1.16. The minimum Gasteiger partial charge on any atom is -0.308 e. The van der Waals surface area contributed by atoms with E-state index < -0.39 is 8.07 Å². The third-order valence-corrected chi connectivity index (χ3v) is 18.4. The molecule has 12 aromatic rings. The molecule has 0 radical (unpaired) electrons. The van der Waals surface area contributed by atoms with Crippen LogP contribution in [0.4, 0.5) is 0 Å². The summed E-state index contributed by atoms with van der Waals surface area (Å²) in [6.07, 6.45) is 0. The second kappa shape index (κ2) is 17.7. The summed E-state index contributed by atoms with van der Waals surface area (Å²) in [6, 6.07) is 106. The van der Waals surface area contributed by atoms with E-state index in [-0.39, 0.29) is 0 Å². The number of hydrogen-bond donors (Lipinski definition) is 0. The van der Waals surface area contributed by atoms with Gasteiger partial charge in [0.05, 0.1) is 16.7 Å². The fourth-order valence-corrected chi connectivity index (χ4v) is 15.5. The van der Waals surface area contributed by atoms with Crippen molar-refractivity contribution in [3.63, 3.8) is 0 Å². The van der Waals surface area contributed by atoms with Crippen molar-refractivity contribution in [3.8, 4) is 61.3 Å². The van der Waals surface area contributed by atoms with Gasteiger partial charge in [0.1, 0.15) is 0 Å². The highest BCUT2D eigenvalue weighted by molar-refractivity contribution is 7.20. The summed E-state index contributed by atoms with van der Waals surface area (Å²) in [5, 5.41) is 7.75. The lowest BCUT2D eigenvalue weighted by molar-refractivity contribution is 1.18. The Balaban J connectivity index is 1.25. The normalized spacial score (nSPS) is 11.5. The lowest BCUT2D eigenvalue weighted by Crippen LogP contribution is -2.74. The summed E-state index contributed by atoms with van der Waals surface area (Å²) in [7, 11) is -3.23. The molecule has 1 nitrogen and oxygen atoms in total. The van der Waals surface area contributed by atoms with Gasteiger partial charge in [0.15, 0.2) is 8.07 Å². The Hall–Kier alpha value is -8.56. The largest absolute Gasteiger partial charge is 0.308 e. The number of fused-ring (bicyclic) bond motifs is 3. The van der Waals surface area contributed by atoms with E-state index in [9.17, 15) is 0 Å². The Bertz CT molecular complexity index is 3520. The van der Waals surface area contributed by atoms with Gasteiger partial charge in [-0.15, -0.1) is 0 Å². The maximum atomic E-state index is 2.57. The average Bonchev–Trinajstić information content (AvgIpc) is 3.76. The van der Waals surface area contributed by atoms with Gasteiger partial charge in [-0.25, -0.2) is 0 Å². The number of para-hydroxylation sites is 1. The molecular formula is C66H47NSi. The molecule has 11 aromatic carbocycles. The SMILES string of the molecule is c1ccc(-c2cc(-c3ccccc3)cc([Si](c3ccccc3)(c3ccccc3)c3cc(-c4ccccc4)c(-n4c5ccccc5c5cc(-c6ccccc6)ccc54)c(-c4ccccc4)c3)c2)cc1. The zero-order chi connectivity index (χ0) is 45.3. The van der Waals surface area contributed by atoms with Crippen LogP contribution in [0.5, 0.6) is 0 Å². The first-order chi connectivity index (χ1) is 33.7. The monoisotopic (exact) mass is 881 g/mol. The molecule has 2 heteroatoms. The van der Waals surface area contributed by atoms with Crippen molar-refractivity contribution >= 4 is 50.6 Å². The summed E-state index contributed by atoms with van der Waals surface area (Å²) in [4.78, 5) is 0. The summed E-state index contributed by atoms with van der Waals surface area (Å²) in [5.74, 6) is 0. The highest BCUT2D eigenvalue weighted by Gasteiger charge is 2.43. The van der Waals surface area contributed by atoms with Crippen LogP contribution in [0.3, 0.4) is 0 Å². The van der Waals surface area contributed by atoms with Gasteiger partial charge in [-0.2, -0.15) is 0 Å². The lowest BCUT2D eigenvalue weighted by Gasteiger charge is -2.36. The molecule has 0 saturated carbocycles. The van der Waals surface area contributed by atoms with Crippen LogP contribution in [-0.4, -0.2) is 12.6 Å². The zero-order valence-corrected chi connectivity index (χ0v) is 38.6. The van der Waals surface area contributed by atoms with Gasteiger partial charge in [-0.3, -0.25) is 0 Å². The quantitative estimate of drug-likeness (QED) is 0.0953. The van der Waals surface area contributed by atoms with Gasteiger partial charge in [-0.1, -0.05) is 261 Å². The smallest absolute Gasteiger partial charge is 0.179 e. The molecule has 0 N–H and O–H groups in total. The number of aromatic nitrogens is 1. The van der Waals surface area contributed by atoms with Crippen LogP contribution >= 0.6 is 0 Å². The van der Waals surface area contributed by atoms with Gasteiger partial charge in [0.25, 0.3) is 0 Å². The molecule has 0 amide bonds. The van der Waals surface area contributed by atoms with Gasteiger partial charge >= 0.3 is 0 Å². The number of nitrogens with zero attached hydrogens (tertiary/aromatic N) is 1. The third-order valence-electron chi connectivity index (χ3n) is 13.7. The third kappa shape index (κ3) is 7.20. The summed E-state index contributed by atoms with van der Waals surface area (Å²) >= 11 is 0. The van der Waals surface area contributed by atoms with Crippen LogP contribution in [0, 0.1) is 0 Å². The fourth-order valence-electron chi connectivity index (χ4n) is 10.6. The van der Waals surface area contributed by atoms with E-state index in [4.69, 9.17) is 0 Å². The predicted molar refractivity (Wildman–Crippen MR) is 292 cm³/mol. The molecule has 0 fully saturated rings. The van der Waals surface area contributed by atoms with E-state index in [0.29, 0.717) is 0 Å². The van der Waals surface area contributed by atoms with E-state index in [2.05, 4.69) is 290 Å². The van der Waals surface area contributed by atoms with Crippen molar-refractivity contribution in [2.24, 2.45) is 0 Å². The van der Waals surface area contributed by atoms with Crippen molar-refractivity contribution in [2.75, 3.05) is 0 Å². The van der Waals surface area contributed by atoms with Crippen molar-refractivity contribution in [2.45, 2.75) is 0 Å². The number of hydrogen-bond acceptors (Lipinski definition) is 0. The fraction of sp³-hybridized carbons (Fsp3) is 0. The van der Waals surface area contributed by atoms with Gasteiger partial charge in [0.2, 0.25) is 0 Å². The molecule has 12 rings (SSSR count). The number of rotatable bonds is 10. The molecule has 0 unspecified atom stereocenters. The van der Waals surface area contributed by atoms with Gasteiger partial charge < -0.3 is 4.57 Å². The first kappa shape index (κ1) is 40.9. The molecule has 0 aliphatic carbocycles.